The van der Waals surface area contributed by atoms with Gasteiger partial charge < -0.3 is 30.2 Å². The summed E-state index contributed by atoms with van der Waals surface area (Å²) >= 11 is 0. The lowest BCUT2D eigenvalue weighted by molar-refractivity contribution is -0.0659. The maximum Gasteiger partial charge on any atom is 0.472 e. The number of hydrogen-bond acceptors (Lipinski definition) is 11. The summed E-state index contributed by atoms with van der Waals surface area (Å²) in [5, 5.41) is 13.9. The van der Waals surface area contributed by atoms with E-state index in [1.165, 1.54) is 10.9 Å². The largest absolute Gasteiger partial charge is 0.472 e. The summed E-state index contributed by atoms with van der Waals surface area (Å²) in [4.78, 5) is 22.2. The number of imidazole rings is 1. The summed E-state index contributed by atoms with van der Waals surface area (Å²) in [5.41, 5.74) is 6.55. The Labute approximate surface area is 163 Å². The average Bonchev–Trinajstić information content (AvgIpc) is 3.39. The summed E-state index contributed by atoms with van der Waals surface area (Å²) in [6, 6.07) is 3.54. The fourth-order valence-electron chi connectivity index (χ4n) is 3.42. The standard InChI is InChI=1S/C15H17N6O7P/c16-12-9-13(19-6-18-12)21(15(20-9)17-4-7-2-1-3-25-7)14-10(22)11-8(27-14)5-26-29(23,24)28-11/h1-3,6,8,10-11,14,22H,4-5H2,(H,17,20)(H,23,24)(H2,16,18,19)/t8-,10-,11-,14-/m1/s1. The number of furan rings is 1. The Bertz CT molecular complexity index is 1090. The van der Waals surface area contributed by atoms with Gasteiger partial charge in [-0.25, -0.2) is 19.5 Å². The van der Waals surface area contributed by atoms with Gasteiger partial charge in [0.2, 0.25) is 5.95 Å². The van der Waals surface area contributed by atoms with Gasteiger partial charge in [-0.05, 0) is 12.1 Å². The second kappa shape index (κ2) is 6.76. The van der Waals surface area contributed by atoms with Crippen LogP contribution in [-0.4, -0.2) is 54.4 Å². The SMILES string of the molecule is Nc1ncnc2c1nc(NCc1ccco1)n2[C@@H]1O[C@@H]2COP(=O)(O)O[C@H]2[C@H]1O. The van der Waals surface area contributed by atoms with E-state index in [9.17, 15) is 14.6 Å². The topological polar surface area (TPSA) is 180 Å². The predicted molar refractivity (Wildman–Crippen MR) is 96.3 cm³/mol. The second-order valence-corrected chi connectivity index (χ2v) is 7.97. The number of phosphoric ester groups is 1. The number of rotatable bonds is 4. The Morgan fingerprint density at radius 1 is 1.41 bits per heavy atom. The number of hydrogen-bond donors (Lipinski definition) is 4. The van der Waals surface area contributed by atoms with E-state index in [2.05, 4.69) is 20.3 Å². The number of fused-ring (bicyclic) bond motifs is 2. The van der Waals surface area contributed by atoms with Crippen LogP contribution in [-0.2, 0) is 24.9 Å². The summed E-state index contributed by atoms with van der Waals surface area (Å²) in [5.74, 6) is 1.10. The minimum Gasteiger partial charge on any atom is -0.467 e. The van der Waals surface area contributed by atoms with E-state index in [-0.39, 0.29) is 12.4 Å². The lowest BCUT2D eigenvalue weighted by Crippen LogP contribution is -2.39. The van der Waals surface area contributed by atoms with Crippen molar-refractivity contribution in [2.24, 2.45) is 0 Å². The summed E-state index contributed by atoms with van der Waals surface area (Å²) < 4.78 is 34.2. The van der Waals surface area contributed by atoms with Gasteiger partial charge in [-0.2, -0.15) is 0 Å². The fraction of sp³-hybridized carbons (Fsp3) is 0.400. The van der Waals surface area contributed by atoms with E-state index < -0.39 is 32.4 Å². The monoisotopic (exact) mass is 424 g/mol. The highest BCUT2D eigenvalue weighted by Crippen LogP contribution is 2.52. The molecule has 13 nitrogen and oxygen atoms in total. The molecule has 3 aromatic heterocycles. The maximum atomic E-state index is 11.7. The molecule has 1 unspecified atom stereocenters. The van der Waals surface area contributed by atoms with Gasteiger partial charge in [0.15, 0.2) is 23.2 Å². The van der Waals surface area contributed by atoms with Gasteiger partial charge in [-0.1, -0.05) is 0 Å². The molecule has 14 heteroatoms. The normalized spacial score (nSPS) is 31.8. The van der Waals surface area contributed by atoms with Crippen molar-refractivity contribution in [2.45, 2.75) is 31.1 Å². The minimum atomic E-state index is -4.25. The van der Waals surface area contributed by atoms with Crippen molar-refractivity contribution in [3.8, 4) is 0 Å². The summed E-state index contributed by atoms with van der Waals surface area (Å²) in [6.07, 6.45) is -1.31. The third-order valence-corrected chi connectivity index (χ3v) is 5.71. The van der Waals surface area contributed by atoms with Crippen LogP contribution in [0.5, 0.6) is 0 Å². The molecule has 5 N–H and O–H groups in total. The number of anilines is 2. The number of nitrogens with one attached hydrogen (secondary N) is 1. The summed E-state index contributed by atoms with van der Waals surface area (Å²) in [6.45, 7) is 0.0930. The number of phosphoric acid groups is 1. The maximum absolute atomic E-state index is 11.7. The van der Waals surface area contributed by atoms with Gasteiger partial charge >= 0.3 is 7.82 Å². The Kier molecular flexibility index (Phi) is 4.31. The number of ether oxygens (including phenoxy) is 1. The fourth-order valence-corrected chi connectivity index (χ4v) is 4.38. The van der Waals surface area contributed by atoms with Crippen LogP contribution < -0.4 is 11.1 Å². The molecular weight excluding hydrogens is 407 g/mol. The molecule has 0 bridgehead atoms. The molecule has 5 rings (SSSR count). The Morgan fingerprint density at radius 3 is 3.07 bits per heavy atom. The highest BCUT2D eigenvalue weighted by Gasteiger charge is 2.53. The lowest BCUT2D eigenvalue weighted by atomic mass is 10.1. The molecule has 0 spiro atoms. The molecule has 3 aromatic rings. The minimum absolute atomic E-state index is 0.152. The van der Waals surface area contributed by atoms with E-state index in [0.29, 0.717) is 29.4 Å². The molecule has 0 aliphatic carbocycles. The highest BCUT2D eigenvalue weighted by molar-refractivity contribution is 7.47. The Balaban J connectivity index is 1.54. The van der Waals surface area contributed by atoms with Crippen molar-refractivity contribution < 1.29 is 32.8 Å². The molecule has 2 aliphatic rings. The van der Waals surface area contributed by atoms with E-state index >= 15 is 0 Å². The van der Waals surface area contributed by atoms with Crippen LogP contribution in [0.3, 0.4) is 0 Å². The van der Waals surface area contributed by atoms with Crippen LogP contribution in [0.25, 0.3) is 11.2 Å². The number of nitrogens with zero attached hydrogens (tertiary/aromatic N) is 4. The molecule has 154 valence electrons. The van der Waals surface area contributed by atoms with Crippen molar-refractivity contribution >= 4 is 30.8 Å². The highest BCUT2D eigenvalue weighted by atomic mass is 31.2. The average molecular weight is 424 g/mol. The first-order chi connectivity index (χ1) is 13.9. The van der Waals surface area contributed by atoms with Crippen molar-refractivity contribution in [1.82, 2.24) is 19.5 Å². The van der Waals surface area contributed by atoms with Crippen molar-refractivity contribution in [3.63, 3.8) is 0 Å². The van der Waals surface area contributed by atoms with E-state index in [0.717, 1.165) is 0 Å². The Hall–Kier alpha value is -2.54. The molecule has 2 fully saturated rings. The molecule has 0 amide bonds. The van der Waals surface area contributed by atoms with Gasteiger partial charge in [-0.15, -0.1) is 0 Å². The van der Waals surface area contributed by atoms with Crippen LogP contribution in [0, 0.1) is 0 Å². The molecule has 0 aromatic carbocycles. The first-order valence-corrected chi connectivity index (χ1v) is 10.2. The van der Waals surface area contributed by atoms with Gasteiger partial charge in [0.25, 0.3) is 0 Å². The van der Waals surface area contributed by atoms with Gasteiger partial charge in [0.1, 0.15) is 30.4 Å². The van der Waals surface area contributed by atoms with Gasteiger partial charge in [-0.3, -0.25) is 13.6 Å². The second-order valence-electron chi connectivity index (χ2n) is 6.56. The van der Waals surface area contributed by atoms with E-state index in [1.807, 2.05) is 0 Å². The number of nitrogen functional groups attached to an aromatic ring is 1. The van der Waals surface area contributed by atoms with Crippen molar-refractivity contribution in [2.75, 3.05) is 17.7 Å². The summed E-state index contributed by atoms with van der Waals surface area (Å²) in [7, 11) is -4.25. The zero-order valence-electron chi connectivity index (χ0n) is 14.8. The van der Waals surface area contributed by atoms with Crippen LogP contribution in [0.2, 0.25) is 0 Å². The lowest BCUT2D eigenvalue weighted by Gasteiger charge is -2.27. The number of nitrogens with two attached hydrogens (primary N) is 1. The van der Waals surface area contributed by atoms with Crippen LogP contribution in [0.4, 0.5) is 11.8 Å². The molecule has 2 saturated heterocycles. The molecule has 0 saturated carbocycles. The smallest absolute Gasteiger partial charge is 0.467 e. The third kappa shape index (κ3) is 3.17. The quantitative estimate of drug-likeness (QED) is 0.424. The third-order valence-electron chi connectivity index (χ3n) is 4.73. The van der Waals surface area contributed by atoms with E-state index in [1.54, 1.807) is 18.4 Å². The Morgan fingerprint density at radius 2 is 2.28 bits per heavy atom. The zero-order chi connectivity index (χ0) is 20.2. The van der Waals surface area contributed by atoms with Crippen molar-refractivity contribution in [1.29, 1.82) is 0 Å². The van der Waals surface area contributed by atoms with E-state index in [4.69, 9.17) is 23.9 Å². The number of aromatic nitrogens is 4. The molecular formula is C15H17N6O7P. The molecule has 0 radical (unpaired) electrons. The van der Waals surface area contributed by atoms with Crippen molar-refractivity contribution in [3.05, 3.63) is 30.5 Å². The first-order valence-electron chi connectivity index (χ1n) is 8.67. The van der Waals surface area contributed by atoms with Crippen LogP contribution >= 0.6 is 7.82 Å². The molecule has 29 heavy (non-hydrogen) atoms. The molecule has 5 heterocycles. The number of aliphatic hydroxyl groups excluding tert-OH is 1. The number of aliphatic hydroxyl groups is 1. The molecule has 2 aliphatic heterocycles. The first kappa shape index (κ1) is 18.5. The molecule has 5 atom stereocenters. The van der Waals surface area contributed by atoms with Gasteiger partial charge in [0, 0.05) is 0 Å². The zero-order valence-corrected chi connectivity index (χ0v) is 15.7. The van der Waals surface area contributed by atoms with Crippen LogP contribution in [0.1, 0.15) is 12.0 Å². The van der Waals surface area contributed by atoms with Crippen LogP contribution in [0.15, 0.2) is 29.1 Å². The van der Waals surface area contributed by atoms with Gasteiger partial charge in [0.05, 0.1) is 19.4 Å². The predicted octanol–water partition coefficient (Wildman–Crippen LogP) is 0.388.